The monoisotopic (exact) mass is 450 g/mol. The fourth-order valence-corrected chi connectivity index (χ4v) is 4.42. The number of para-hydroxylation sites is 3. The van der Waals surface area contributed by atoms with Crippen molar-refractivity contribution in [3.63, 3.8) is 0 Å². The Hall–Kier alpha value is -3.76. The fraction of sp³-hybridized carbons (Fsp3) is 0.167. The zero-order valence-electron chi connectivity index (χ0n) is 19.0. The summed E-state index contributed by atoms with van der Waals surface area (Å²) in [5, 5.41) is 1.90. The molecule has 3 atom stereocenters. The minimum absolute atomic E-state index is 0.0817. The fourth-order valence-electron chi connectivity index (χ4n) is 4.42. The van der Waals surface area contributed by atoms with Gasteiger partial charge >= 0.3 is 0 Å². The molecule has 34 heavy (non-hydrogen) atoms. The molecule has 4 nitrogen and oxygen atoms in total. The van der Waals surface area contributed by atoms with Crippen LogP contribution in [0.15, 0.2) is 115 Å². The van der Waals surface area contributed by atoms with Crippen LogP contribution in [-0.2, 0) is 0 Å². The predicted octanol–water partition coefficient (Wildman–Crippen LogP) is 6.50. The largest absolute Gasteiger partial charge is 0.484 e. The van der Waals surface area contributed by atoms with Crippen molar-refractivity contribution in [1.82, 2.24) is 5.06 Å². The highest BCUT2D eigenvalue weighted by Gasteiger charge is 2.44. The predicted molar refractivity (Wildman–Crippen MR) is 134 cm³/mol. The Balaban J connectivity index is 1.54. The molecule has 0 aromatic heterocycles. The van der Waals surface area contributed by atoms with Crippen LogP contribution >= 0.6 is 0 Å². The van der Waals surface area contributed by atoms with Crippen LogP contribution in [0.2, 0.25) is 0 Å². The molecule has 1 aliphatic heterocycles. The van der Waals surface area contributed by atoms with Crippen LogP contribution in [0.1, 0.15) is 23.5 Å². The number of hydrogen-bond acceptors (Lipinski definition) is 4. The minimum atomic E-state index is -0.485. The Labute approximate surface area is 201 Å². The van der Waals surface area contributed by atoms with Crippen LogP contribution in [0.3, 0.4) is 0 Å². The van der Waals surface area contributed by atoms with E-state index in [1.807, 2.05) is 102 Å². The van der Waals surface area contributed by atoms with Gasteiger partial charge in [-0.2, -0.15) is 0 Å². The average Bonchev–Trinajstić information content (AvgIpc) is 2.88. The maximum absolute atomic E-state index is 6.66. The molecular formula is C30H28NO3. The van der Waals surface area contributed by atoms with Crippen molar-refractivity contribution in [1.29, 1.82) is 0 Å². The molecule has 4 aromatic rings. The van der Waals surface area contributed by atoms with E-state index in [1.165, 1.54) is 5.56 Å². The number of benzene rings is 4. The van der Waals surface area contributed by atoms with Crippen molar-refractivity contribution in [3.8, 4) is 17.2 Å². The van der Waals surface area contributed by atoms with E-state index in [-0.39, 0.29) is 12.0 Å². The summed E-state index contributed by atoms with van der Waals surface area (Å²) in [6.45, 7) is 4.97. The van der Waals surface area contributed by atoms with Crippen molar-refractivity contribution in [2.45, 2.75) is 24.7 Å². The van der Waals surface area contributed by atoms with E-state index in [0.29, 0.717) is 6.54 Å². The number of nitrogens with zero attached hydrogens (tertiary/aromatic N) is 1. The number of hydrogen-bond donors (Lipinski definition) is 0. The molecule has 0 spiro atoms. The molecule has 0 amide bonds. The summed E-state index contributed by atoms with van der Waals surface area (Å²) < 4.78 is 13.2. The Morgan fingerprint density at radius 2 is 1.15 bits per heavy atom. The van der Waals surface area contributed by atoms with Crippen LogP contribution < -0.4 is 14.3 Å². The van der Waals surface area contributed by atoms with Gasteiger partial charge in [0.1, 0.15) is 17.2 Å². The number of ether oxygens (including phenoxy) is 2. The van der Waals surface area contributed by atoms with Gasteiger partial charge in [0, 0.05) is 12.5 Å². The topological polar surface area (TPSA) is 30.9 Å². The lowest BCUT2D eigenvalue weighted by Gasteiger charge is -2.44. The van der Waals surface area contributed by atoms with Crippen LogP contribution in [-0.4, -0.2) is 23.9 Å². The van der Waals surface area contributed by atoms with Gasteiger partial charge in [0.25, 0.3) is 0 Å². The van der Waals surface area contributed by atoms with Crippen molar-refractivity contribution in [2.75, 3.05) is 6.54 Å². The summed E-state index contributed by atoms with van der Waals surface area (Å²) in [7, 11) is 0. The van der Waals surface area contributed by atoms with Crippen LogP contribution in [0.5, 0.6) is 17.2 Å². The van der Waals surface area contributed by atoms with Gasteiger partial charge in [-0.1, -0.05) is 83.9 Å². The first kappa shape index (κ1) is 22.1. The van der Waals surface area contributed by atoms with Crippen LogP contribution in [0.4, 0.5) is 0 Å². The van der Waals surface area contributed by atoms with Crippen molar-refractivity contribution in [2.24, 2.45) is 0 Å². The first-order valence-corrected chi connectivity index (χ1v) is 11.6. The first-order valence-electron chi connectivity index (χ1n) is 11.6. The van der Waals surface area contributed by atoms with E-state index < -0.39 is 6.23 Å². The zero-order valence-corrected chi connectivity index (χ0v) is 19.0. The van der Waals surface area contributed by atoms with Gasteiger partial charge in [-0.25, -0.2) is 0 Å². The molecule has 0 aliphatic carbocycles. The summed E-state index contributed by atoms with van der Waals surface area (Å²) in [4.78, 5) is 6.34. The van der Waals surface area contributed by atoms with Gasteiger partial charge in [0.2, 0.25) is 6.23 Å². The highest BCUT2D eigenvalue weighted by atomic mass is 16.7. The maximum atomic E-state index is 6.66. The lowest BCUT2D eigenvalue weighted by molar-refractivity contribution is -0.213. The zero-order chi connectivity index (χ0) is 23.2. The highest BCUT2D eigenvalue weighted by molar-refractivity contribution is 5.35. The number of rotatable bonds is 7. The Morgan fingerprint density at radius 3 is 1.76 bits per heavy atom. The summed E-state index contributed by atoms with van der Waals surface area (Å²) in [5.41, 5.74) is 2.18. The maximum Gasteiger partial charge on any atom is 0.220 e. The van der Waals surface area contributed by atoms with E-state index in [2.05, 4.69) is 25.1 Å². The molecular weight excluding hydrogens is 422 g/mol. The van der Waals surface area contributed by atoms with E-state index in [9.17, 15) is 0 Å². The van der Waals surface area contributed by atoms with Crippen LogP contribution in [0.25, 0.3) is 0 Å². The van der Waals surface area contributed by atoms with Crippen molar-refractivity contribution in [3.05, 3.63) is 133 Å². The summed E-state index contributed by atoms with van der Waals surface area (Å²) >= 11 is 0. The molecule has 0 bridgehead atoms. The third-order valence-corrected chi connectivity index (χ3v) is 6.06. The third-order valence-electron chi connectivity index (χ3n) is 6.06. The Morgan fingerprint density at radius 1 is 0.618 bits per heavy atom. The smallest absolute Gasteiger partial charge is 0.220 e. The van der Waals surface area contributed by atoms with E-state index in [1.54, 1.807) is 0 Å². The van der Waals surface area contributed by atoms with Gasteiger partial charge < -0.3 is 14.3 Å². The van der Waals surface area contributed by atoms with E-state index in [0.717, 1.165) is 29.2 Å². The van der Waals surface area contributed by atoms with E-state index >= 15 is 0 Å². The Kier molecular flexibility index (Phi) is 6.78. The van der Waals surface area contributed by atoms with Gasteiger partial charge in [-0.15, -0.1) is 0 Å². The molecule has 1 heterocycles. The third kappa shape index (κ3) is 5.08. The first-order chi connectivity index (χ1) is 16.8. The molecule has 5 rings (SSSR count). The second-order valence-corrected chi connectivity index (χ2v) is 8.36. The Bertz CT molecular complexity index is 1170. The molecule has 171 valence electrons. The molecule has 0 N–H and O–H groups in total. The van der Waals surface area contributed by atoms with Crippen LogP contribution in [0, 0.1) is 6.92 Å². The standard InChI is InChI=1S/C30H28NO3/c1-23-13-11-12-20-27(23)28-21-22-31(34-26-18-9-4-10-19-26)30(33-25-16-7-3-8-17-25)29(28)32-24-14-5-2-6-15-24/h2-20,28-30H,1,21-22H2. The summed E-state index contributed by atoms with van der Waals surface area (Å²) in [5.74, 6) is 2.40. The molecule has 4 heteroatoms. The van der Waals surface area contributed by atoms with Gasteiger partial charge in [0.15, 0.2) is 6.10 Å². The second-order valence-electron chi connectivity index (χ2n) is 8.36. The van der Waals surface area contributed by atoms with E-state index in [4.69, 9.17) is 14.3 Å². The average molecular weight is 451 g/mol. The second kappa shape index (κ2) is 10.4. The molecule has 1 fully saturated rings. The summed E-state index contributed by atoms with van der Waals surface area (Å²) in [6.07, 6.45) is 0.0232. The van der Waals surface area contributed by atoms with Crippen molar-refractivity contribution < 1.29 is 14.3 Å². The van der Waals surface area contributed by atoms with Gasteiger partial charge in [-0.05, 0) is 60.9 Å². The lowest BCUT2D eigenvalue weighted by Crippen LogP contribution is -2.58. The lowest BCUT2D eigenvalue weighted by atomic mass is 9.84. The molecule has 1 saturated heterocycles. The summed E-state index contributed by atoms with van der Waals surface area (Å²) in [6, 6.07) is 37.8. The SMILES string of the molecule is [CH2]c1ccccc1C1CCN(Oc2ccccc2)C(Oc2ccccc2)C1Oc1ccccc1. The minimum Gasteiger partial charge on any atom is -0.484 e. The van der Waals surface area contributed by atoms with Gasteiger partial charge in [-0.3, -0.25) is 0 Å². The molecule has 3 unspecified atom stereocenters. The van der Waals surface area contributed by atoms with Gasteiger partial charge in [0.05, 0.1) is 0 Å². The molecule has 1 radical (unpaired) electrons. The molecule has 0 saturated carbocycles. The molecule has 1 aliphatic rings. The normalized spacial score (nSPS) is 20.4. The van der Waals surface area contributed by atoms with Crippen molar-refractivity contribution >= 4 is 0 Å². The number of piperidine rings is 1. The number of hydroxylamine groups is 2. The molecule has 4 aromatic carbocycles. The highest BCUT2D eigenvalue weighted by Crippen LogP contribution is 2.37. The quantitative estimate of drug-likeness (QED) is 0.321.